The number of nitrogens with zero attached hydrogens (tertiary/aromatic N) is 1. The molecule has 118 valence electrons. The Kier molecular flexibility index (Phi) is 5.94. The Hall–Kier alpha value is -1.84. The molecule has 1 aromatic rings. The Bertz CT molecular complexity index is 602. The van der Waals surface area contributed by atoms with Gasteiger partial charge in [0.1, 0.15) is 11.4 Å². The average Bonchev–Trinajstić information content (AvgIpc) is 2.45. The maximum absolute atomic E-state index is 12.1. The molecule has 9 heteroatoms. The molecule has 0 aliphatic carbocycles. The van der Waals surface area contributed by atoms with Crippen molar-refractivity contribution in [3.8, 4) is 5.75 Å². The summed E-state index contributed by atoms with van der Waals surface area (Å²) in [7, 11) is 0.0224. The van der Waals surface area contributed by atoms with Crippen LogP contribution < -0.4 is 4.72 Å². The number of nitrogens with one attached hydrogen (secondary N) is 1. The summed E-state index contributed by atoms with van der Waals surface area (Å²) in [6.45, 7) is 0.328. The van der Waals surface area contributed by atoms with Crippen molar-refractivity contribution in [3.05, 3.63) is 23.8 Å². The topological polar surface area (TPSA) is 105 Å². The first-order valence-electron chi connectivity index (χ1n) is 5.96. The highest BCUT2D eigenvalue weighted by Crippen LogP contribution is 2.29. The molecule has 0 aliphatic rings. The number of carbonyl (C=O) groups is 1. The van der Waals surface area contributed by atoms with E-state index >= 15 is 0 Å². The van der Waals surface area contributed by atoms with E-state index in [0.717, 1.165) is 11.4 Å². The molecule has 1 rings (SSSR count). The lowest BCUT2D eigenvalue weighted by molar-refractivity contribution is 0.0601. The van der Waals surface area contributed by atoms with Crippen molar-refractivity contribution in [2.75, 3.05) is 39.1 Å². The van der Waals surface area contributed by atoms with Crippen LogP contribution in [0.15, 0.2) is 18.2 Å². The molecule has 0 fully saturated rings. The molecular formula is C12H18N2O6S. The third kappa shape index (κ3) is 4.31. The number of carbonyl (C=O) groups excluding carboxylic acids is 1. The number of methoxy groups -OCH3 is 2. The SMILES string of the molecule is COCCN(C)S(=O)(=O)Nc1c(O)cccc1C(=O)OC. The Morgan fingerprint density at radius 3 is 2.62 bits per heavy atom. The van der Waals surface area contributed by atoms with Gasteiger partial charge in [0.15, 0.2) is 0 Å². The molecule has 1 aromatic carbocycles. The molecule has 2 N–H and O–H groups in total. The van der Waals surface area contributed by atoms with Gasteiger partial charge >= 0.3 is 16.2 Å². The fourth-order valence-corrected chi connectivity index (χ4v) is 2.42. The summed E-state index contributed by atoms with van der Waals surface area (Å²) in [4.78, 5) is 11.6. The maximum Gasteiger partial charge on any atom is 0.340 e. The van der Waals surface area contributed by atoms with E-state index in [0.29, 0.717) is 0 Å². The molecule has 0 amide bonds. The third-order valence-electron chi connectivity index (χ3n) is 2.70. The fourth-order valence-electron chi connectivity index (χ4n) is 1.47. The first-order chi connectivity index (χ1) is 9.83. The number of likely N-dealkylation sites (N-methyl/N-ethyl adjacent to an activating group) is 1. The van der Waals surface area contributed by atoms with Crippen LogP contribution in [0.5, 0.6) is 5.75 Å². The highest BCUT2D eigenvalue weighted by atomic mass is 32.2. The molecule has 0 aliphatic heterocycles. The zero-order valence-corrected chi connectivity index (χ0v) is 12.8. The van der Waals surface area contributed by atoms with Crippen molar-refractivity contribution < 1.29 is 27.8 Å². The van der Waals surface area contributed by atoms with Crippen molar-refractivity contribution in [2.24, 2.45) is 0 Å². The van der Waals surface area contributed by atoms with Gasteiger partial charge in [0.2, 0.25) is 0 Å². The van der Waals surface area contributed by atoms with Crippen LogP contribution in [-0.2, 0) is 19.7 Å². The van der Waals surface area contributed by atoms with Crippen LogP contribution >= 0.6 is 0 Å². The predicted octanol–water partition coefficient (Wildman–Crippen LogP) is 0.414. The number of phenols is 1. The van der Waals surface area contributed by atoms with Gasteiger partial charge in [-0.3, -0.25) is 4.72 Å². The molecule has 0 saturated carbocycles. The van der Waals surface area contributed by atoms with Crippen LogP contribution in [0, 0.1) is 0 Å². The number of anilines is 1. The number of aromatic hydroxyl groups is 1. The Morgan fingerprint density at radius 2 is 2.05 bits per heavy atom. The Morgan fingerprint density at radius 1 is 1.38 bits per heavy atom. The van der Waals surface area contributed by atoms with Crippen molar-refractivity contribution in [2.45, 2.75) is 0 Å². The van der Waals surface area contributed by atoms with E-state index in [1.54, 1.807) is 0 Å². The number of benzene rings is 1. The van der Waals surface area contributed by atoms with E-state index in [1.807, 2.05) is 0 Å². The van der Waals surface area contributed by atoms with E-state index in [2.05, 4.69) is 9.46 Å². The van der Waals surface area contributed by atoms with Crippen molar-refractivity contribution in [1.82, 2.24) is 4.31 Å². The van der Waals surface area contributed by atoms with Gasteiger partial charge in [-0.2, -0.15) is 12.7 Å². The van der Waals surface area contributed by atoms with Gasteiger partial charge in [0.25, 0.3) is 0 Å². The first kappa shape index (κ1) is 17.2. The summed E-state index contributed by atoms with van der Waals surface area (Å²) in [6, 6.07) is 4.02. The second kappa shape index (κ2) is 7.25. The van der Waals surface area contributed by atoms with Gasteiger partial charge in [0.05, 0.1) is 19.3 Å². The smallest absolute Gasteiger partial charge is 0.340 e. The van der Waals surface area contributed by atoms with E-state index in [1.165, 1.54) is 32.4 Å². The number of hydrogen-bond donors (Lipinski definition) is 2. The summed E-state index contributed by atoms with van der Waals surface area (Å²) in [5, 5.41) is 9.78. The van der Waals surface area contributed by atoms with Crippen LogP contribution in [0.3, 0.4) is 0 Å². The summed E-state index contributed by atoms with van der Waals surface area (Å²) in [5.41, 5.74) is -0.310. The van der Waals surface area contributed by atoms with E-state index < -0.39 is 16.2 Å². The van der Waals surface area contributed by atoms with Gasteiger partial charge in [-0.25, -0.2) is 4.79 Å². The quantitative estimate of drug-likeness (QED) is 0.557. The van der Waals surface area contributed by atoms with Crippen molar-refractivity contribution >= 4 is 21.9 Å². The normalized spacial score (nSPS) is 11.4. The molecule has 0 atom stereocenters. The number of rotatable bonds is 7. The zero-order valence-electron chi connectivity index (χ0n) is 12.0. The molecule has 21 heavy (non-hydrogen) atoms. The van der Waals surface area contributed by atoms with Crippen molar-refractivity contribution in [1.29, 1.82) is 0 Å². The monoisotopic (exact) mass is 318 g/mol. The minimum atomic E-state index is -3.94. The highest BCUT2D eigenvalue weighted by Gasteiger charge is 2.23. The van der Waals surface area contributed by atoms with E-state index in [4.69, 9.17) is 4.74 Å². The summed E-state index contributed by atoms with van der Waals surface area (Å²) < 4.78 is 36.8. The minimum absolute atomic E-state index is 0.0822. The standard InChI is InChI=1S/C12H18N2O6S/c1-14(7-8-19-2)21(17,18)13-11-9(12(16)20-3)5-4-6-10(11)15/h4-6,13,15H,7-8H2,1-3H3. The molecule has 0 radical (unpaired) electrons. The lowest BCUT2D eigenvalue weighted by atomic mass is 10.1. The molecule has 0 bridgehead atoms. The molecule has 0 heterocycles. The molecule has 0 spiro atoms. The highest BCUT2D eigenvalue weighted by molar-refractivity contribution is 7.90. The van der Waals surface area contributed by atoms with Gasteiger partial charge in [0, 0.05) is 20.7 Å². The largest absolute Gasteiger partial charge is 0.506 e. The number of phenolic OH excluding ortho intramolecular Hbond substituents is 1. The second-order valence-corrected chi connectivity index (χ2v) is 5.89. The Balaban J connectivity index is 3.09. The summed E-state index contributed by atoms with van der Waals surface area (Å²) in [5.74, 6) is -1.13. The molecule has 0 aromatic heterocycles. The maximum atomic E-state index is 12.1. The zero-order chi connectivity index (χ0) is 16.0. The summed E-state index contributed by atoms with van der Waals surface area (Å²) in [6.07, 6.45) is 0. The van der Waals surface area contributed by atoms with Crippen LogP contribution in [0.25, 0.3) is 0 Å². The van der Waals surface area contributed by atoms with Gasteiger partial charge in [-0.05, 0) is 12.1 Å². The van der Waals surface area contributed by atoms with Crippen molar-refractivity contribution in [3.63, 3.8) is 0 Å². The van der Waals surface area contributed by atoms with E-state index in [-0.39, 0.29) is 30.2 Å². The number of esters is 1. The van der Waals surface area contributed by atoms with Crippen LogP contribution in [0.2, 0.25) is 0 Å². The molecule has 0 unspecified atom stereocenters. The third-order valence-corrected chi connectivity index (χ3v) is 4.16. The number of para-hydroxylation sites is 1. The minimum Gasteiger partial charge on any atom is -0.506 e. The molecule has 8 nitrogen and oxygen atoms in total. The molecular weight excluding hydrogens is 300 g/mol. The van der Waals surface area contributed by atoms with E-state index in [9.17, 15) is 18.3 Å². The first-order valence-corrected chi connectivity index (χ1v) is 7.40. The van der Waals surface area contributed by atoms with Crippen LogP contribution in [-0.4, -0.2) is 58.2 Å². The average molecular weight is 318 g/mol. The van der Waals surface area contributed by atoms with Crippen LogP contribution in [0.4, 0.5) is 5.69 Å². The van der Waals surface area contributed by atoms with Gasteiger partial charge < -0.3 is 14.6 Å². The second-order valence-electron chi connectivity index (χ2n) is 4.11. The number of hydrogen-bond acceptors (Lipinski definition) is 6. The Labute approximate surface area is 123 Å². The number of ether oxygens (including phenoxy) is 2. The summed E-state index contributed by atoms with van der Waals surface area (Å²) >= 11 is 0. The van der Waals surface area contributed by atoms with Gasteiger partial charge in [-0.1, -0.05) is 6.07 Å². The fraction of sp³-hybridized carbons (Fsp3) is 0.417. The lowest BCUT2D eigenvalue weighted by Gasteiger charge is -2.19. The molecule has 0 saturated heterocycles. The lowest BCUT2D eigenvalue weighted by Crippen LogP contribution is -2.35. The van der Waals surface area contributed by atoms with Crippen LogP contribution in [0.1, 0.15) is 10.4 Å². The van der Waals surface area contributed by atoms with Gasteiger partial charge in [-0.15, -0.1) is 0 Å². The predicted molar refractivity (Wildman–Crippen MR) is 76.5 cm³/mol.